The van der Waals surface area contributed by atoms with Crippen LogP contribution in [0.15, 0.2) is 48.8 Å². The second-order valence-corrected chi connectivity index (χ2v) is 6.29. The third kappa shape index (κ3) is 6.38. The van der Waals surface area contributed by atoms with Gasteiger partial charge in [-0.3, -0.25) is 9.78 Å². The van der Waals surface area contributed by atoms with Crippen molar-refractivity contribution < 1.29 is 9.53 Å². The van der Waals surface area contributed by atoms with Crippen LogP contribution in [0.25, 0.3) is 0 Å². The summed E-state index contributed by atoms with van der Waals surface area (Å²) in [4.78, 5) is 19.1. The number of amides is 1. The molecule has 0 atom stereocenters. The van der Waals surface area contributed by atoms with Crippen molar-refractivity contribution in [1.29, 1.82) is 0 Å². The molecule has 1 aromatic heterocycles. The highest BCUT2D eigenvalue weighted by Crippen LogP contribution is 2.23. The molecule has 2 heterocycles. The van der Waals surface area contributed by atoms with E-state index in [4.69, 9.17) is 4.74 Å². The van der Waals surface area contributed by atoms with Crippen molar-refractivity contribution in [3.63, 3.8) is 0 Å². The van der Waals surface area contributed by atoms with Crippen molar-refractivity contribution in [2.45, 2.75) is 32.2 Å². The van der Waals surface area contributed by atoms with E-state index in [0.29, 0.717) is 23.1 Å². The zero-order valence-electron chi connectivity index (χ0n) is 15.5. The molecule has 1 aliphatic rings. The Morgan fingerprint density at radius 3 is 2.52 bits per heavy atom. The van der Waals surface area contributed by atoms with Crippen molar-refractivity contribution in [1.82, 2.24) is 15.2 Å². The van der Waals surface area contributed by atoms with E-state index in [1.54, 1.807) is 24.5 Å². The largest absolute Gasteiger partial charge is 0.457 e. The van der Waals surface area contributed by atoms with Gasteiger partial charge in [-0.2, -0.15) is 0 Å². The number of carbonyl (C=O) groups is 1. The van der Waals surface area contributed by atoms with Crippen molar-refractivity contribution in [3.05, 3.63) is 54.4 Å². The maximum absolute atomic E-state index is 13.1. The molecule has 1 N–H and O–H groups in total. The number of piperidine rings is 1. The van der Waals surface area contributed by atoms with Gasteiger partial charge in [0.25, 0.3) is 5.91 Å². The molecule has 1 aromatic carbocycles. The molecule has 3 rings (SSSR count). The van der Waals surface area contributed by atoms with E-state index in [9.17, 15) is 4.79 Å². The number of hydrogen-bond donors (Lipinski definition) is 1. The molecule has 148 valence electrons. The monoisotopic (exact) mass is 411 g/mol. The van der Waals surface area contributed by atoms with Gasteiger partial charge in [0.1, 0.15) is 11.5 Å². The lowest BCUT2D eigenvalue weighted by Crippen LogP contribution is -2.46. The van der Waals surface area contributed by atoms with Crippen LogP contribution in [0.5, 0.6) is 11.5 Å². The fourth-order valence-electron chi connectivity index (χ4n) is 3.21. The SMILES string of the molecule is CCCN(C(=O)c1cccc(Oc2ccncc2)c1)C1CCNCC1.Cl.Cl. The topological polar surface area (TPSA) is 54.5 Å². The van der Waals surface area contributed by atoms with Gasteiger partial charge in [-0.1, -0.05) is 13.0 Å². The third-order valence-corrected chi connectivity index (χ3v) is 4.44. The van der Waals surface area contributed by atoms with E-state index in [0.717, 1.165) is 38.9 Å². The Bertz CT molecular complexity index is 695. The summed E-state index contributed by atoms with van der Waals surface area (Å²) < 4.78 is 5.83. The van der Waals surface area contributed by atoms with Crippen molar-refractivity contribution in [2.24, 2.45) is 0 Å². The van der Waals surface area contributed by atoms with Crippen LogP contribution < -0.4 is 10.1 Å². The van der Waals surface area contributed by atoms with E-state index < -0.39 is 0 Å². The molecule has 2 aromatic rings. The quantitative estimate of drug-likeness (QED) is 0.768. The van der Waals surface area contributed by atoms with Gasteiger partial charge < -0.3 is 15.0 Å². The number of carbonyl (C=O) groups excluding carboxylic acids is 1. The van der Waals surface area contributed by atoms with E-state index >= 15 is 0 Å². The summed E-state index contributed by atoms with van der Waals surface area (Å²) in [5.74, 6) is 1.47. The molecule has 1 fully saturated rings. The summed E-state index contributed by atoms with van der Waals surface area (Å²) >= 11 is 0. The second kappa shape index (κ2) is 11.8. The zero-order chi connectivity index (χ0) is 17.5. The number of hydrogen-bond acceptors (Lipinski definition) is 4. The van der Waals surface area contributed by atoms with Gasteiger partial charge in [-0.25, -0.2) is 0 Å². The third-order valence-electron chi connectivity index (χ3n) is 4.44. The first-order chi connectivity index (χ1) is 12.3. The van der Waals surface area contributed by atoms with Crippen molar-refractivity contribution >= 4 is 30.7 Å². The molecule has 0 radical (unpaired) electrons. The highest BCUT2D eigenvalue weighted by Gasteiger charge is 2.25. The number of ether oxygens (including phenoxy) is 1. The maximum atomic E-state index is 13.1. The van der Waals surface area contributed by atoms with E-state index in [1.807, 2.05) is 29.2 Å². The number of nitrogens with zero attached hydrogens (tertiary/aromatic N) is 2. The lowest BCUT2D eigenvalue weighted by atomic mass is 10.0. The molecule has 0 saturated carbocycles. The van der Waals surface area contributed by atoms with E-state index in [-0.39, 0.29) is 30.7 Å². The molecule has 7 heteroatoms. The average Bonchev–Trinajstić information content (AvgIpc) is 2.67. The summed E-state index contributed by atoms with van der Waals surface area (Å²) in [7, 11) is 0. The van der Waals surface area contributed by atoms with Crippen LogP contribution in [-0.4, -0.2) is 41.5 Å². The zero-order valence-corrected chi connectivity index (χ0v) is 17.1. The minimum Gasteiger partial charge on any atom is -0.457 e. The second-order valence-electron chi connectivity index (χ2n) is 6.29. The Kier molecular flexibility index (Phi) is 10.1. The lowest BCUT2D eigenvalue weighted by Gasteiger charge is -2.34. The Balaban J connectivity index is 0.00000182. The first kappa shape index (κ1) is 23.2. The van der Waals surface area contributed by atoms with Gasteiger partial charge >= 0.3 is 0 Å². The smallest absolute Gasteiger partial charge is 0.254 e. The van der Waals surface area contributed by atoms with Gasteiger partial charge in [-0.05, 0) is 62.7 Å². The molecule has 1 saturated heterocycles. The minimum atomic E-state index is 0. The fourth-order valence-corrected chi connectivity index (χ4v) is 3.21. The van der Waals surface area contributed by atoms with E-state index in [2.05, 4.69) is 17.2 Å². The summed E-state index contributed by atoms with van der Waals surface area (Å²) in [5, 5.41) is 3.36. The summed E-state index contributed by atoms with van der Waals surface area (Å²) in [5.41, 5.74) is 0.679. The maximum Gasteiger partial charge on any atom is 0.254 e. The van der Waals surface area contributed by atoms with E-state index in [1.165, 1.54) is 0 Å². The van der Waals surface area contributed by atoms with Crippen LogP contribution in [0.1, 0.15) is 36.5 Å². The normalized spacial score (nSPS) is 13.8. The van der Waals surface area contributed by atoms with Gasteiger partial charge in [0, 0.05) is 30.5 Å². The standard InChI is InChI=1S/C20H25N3O2.2ClH/c1-2-14-23(17-6-10-21-11-7-17)20(24)16-4-3-5-19(15-16)25-18-8-12-22-13-9-18;;/h3-5,8-9,12-13,15,17,21H,2,6-7,10-11,14H2,1H3;2*1H. The van der Waals surface area contributed by atoms with Gasteiger partial charge in [0.05, 0.1) is 0 Å². The summed E-state index contributed by atoms with van der Waals surface area (Å²) in [6.45, 7) is 4.86. The molecular formula is C20H27Cl2N3O2. The summed E-state index contributed by atoms with van der Waals surface area (Å²) in [6, 6.07) is 11.3. The summed E-state index contributed by atoms with van der Waals surface area (Å²) in [6.07, 6.45) is 6.36. The minimum absolute atomic E-state index is 0. The molecule has 27 heavy (non-hydrogen) atoms. The van der Waals surface area contributed by atoms with Crippen molar-refractivity contribution in [2.75, 3.05) is 19.6 Å². The van der Waals surface area contributed by atoms with Crippen LogP contribution >= 0.6 is 24.8 Å². The average molecular weight is 412 g/mol. The Morgan fingerprint density at radius 1 is 1.15 bits per heavy atom. The van der Waals surface area contributed by atoms with Crippen LogP contribution in [0.3, 0.4) is 0 Å². The van der Waals surface area contributed by atoms with Crippen LogP contribution in [0, 0.1) is 0 Å². The molecule has 5 nitrogen and oxygen atoms in total. The number of aromatic nitrogens is 1. The Labute approximate surface area is 173 Å². The molecule has 0 unspecified atom stereocenters. The molecule has 1 amide bonds. The highest BCUT2D eigenvalue weighted by molar-refractivity contribution is 5.94. The van der Waals surface area contributed by atoms with Crippen molar-refractivity contribution in [3.8, 4) is 11.5 Å². The molecule has 0 aliphatic carbocycles. The number of pyridine rings is 1. The number of rotatable bonds is 6. The Morgan fingerprint density at radius 2 is 1.85 bits per heavy atom. The number of benzene rings is 1. The predicted molar refractivity (Wildman–Crippen MR) is 112 cm³/mol. The highest BCUT2D eigenvalue weighted by atomic mass is 35.5. The molecule has 1 aliphatic heterocycles. The first-order valence-electron chi connectivity index (χ1n) is 8.97. The number of nitrogens with one attached hydrogen (secondary N) is 1. The first-order valence-corrected chi connectivity index (χ1v) is 8.97. The van der Waals surface area contributed by atoms with Crippen LogP contribution in [0.2, 0.25) is 0 Å². The molecule has 0 bridgehead atoms. The lowest BCUT2D eigenvalue weighted by molar-refractivity contribution is 0.0642. The molecular weight excluding hydrogens is 385 g/mol. The van der Waals surface area contributed by atoms with Gasteiger partial charge in [0.2, 0.25) is 0 Å². The number of halogens is 2. The fraction of sp³-hybridized carbons (Fsp3) is 0.400. The van der Waals surface area contributed by atoms with Gasteiger partial charge in [0.15, 0.2) is 0 Å². The molecule has 0 spiro atoms. The van der Waals surface area contributed by atoms with Crippen LogP contribution in [-0.2, 0) is 0 Å². The van der Waals surface area contributed by atoms with Gasteiger partial charge in [-0.15, -0.1) is 24.8 Å². The predicted octanol–water partition coefficient (Wildman–Crippen LogP) is 4.32. The Hall–Kier alpha value is -1.82. The van der Waals surface area contributed by atoms with Crippen LogP contribution in [0.4, 0.5) is 0 Å².